The van der Waals surface area contributed by atoms with Gasteiger partial charge >= 0.3 is 0 Å². The Morgan fingerprint density at radius 3 is 3.00 bits per heavy atom. The standard InChI is InChI=1S/C9H9N/c1-8-4-5-9-3-2-6-10(9)7-8/h2-7H,1H3. The molecule has 0 saturated heterocycles. The molecular weight excluding hydrogens is 122 g/mol. The van der Waals surface area contributed by atoms with Gasteiger partial charge in [-0.15, -0.1) is 0 Å². The number of aryl methyl sites for hydroxylation is 1. The summed E-state index contributed by atoms with van der Waals surface area (Å²) >= 11 is 0. The Morgan fingerprint density at radius 2 is 2.10 bits per heavy atom. The lowest BCUT2D eigenvalue weighted by Gasteiger charge is -1.94. The van der Waals surface area contributed by atoms with Gasteiger partial charge < -0.3 is 4.40 Å². The van der Waals surface area contributed by atoms with E-state index in [2.05, 4.69) is 48.0 Å². The predicted molar refractivity (Wildman–Crippen MR) is 42.1 cm³/mol. The lowest BCUT2D eigenvalue weighted by atomic mass is 10.3. The highest BCUT2D eigenvalue weighted by Gasteiger charge is 1.88. The van der Waals surface area contributed by atoms with Gasteiger partial charge in [-0.05, 0) is 30.7 Å². The van der Waals surface area contributed by atoms with E-state index in [0.29, 0.717) is 0 Å². The number of rotatable bonds is 0. The number of aromatic nitrogens is 1. The van der Waals surface area contributed by atoms with Crippen LogP contribution < -0.4 is 0 Å². The minimum atomic E-state index is 1.26. The van der Waals surface area contributed by atoms with Crippen LogP contribution in [0.3, 0.4) is 0 Å². The van der Waals surface area contributed by atoms with Gasteiger partial charge in [0.2, 0.25) is 0 Å². The first kappa shape index (κ1) is 5.54. The van der Waals surface area contributed by atoms with Crippen molar-refractivity contribution in [1.29, 1.82) is 0 Å². The van der Waals surface area contributed by atoms with E-state index in [9.17, 15) is 0 Å². The van der Waals surface area contributed by atoms with E-state index in [1.165, 1.54) is 11.1 Å². The second kappa shape index (κ2) is 1.87. The summed E-state index contributed by atoms with van der Waals surface area (Å²) < 4.78 is 2.12. The first-order chi connectivity index (χ1) is 4.86. The predicted octanol–water partition coefficient (Wildman–Crippen LogP) is 2.25. The van der Waals surface area contributed by atoms with Crippen LogP contribution in [0.1, 0.15) is 5.56 Å². The number of hydrogen-bond donors (Lipinski definition) is 0. The number of pyridine rings is 1. The smallest absolute Gasteiger partial charge is 0.0450 e. The van der Waals surface area contributed by atoms with E-state index in [1.54, 1.807) is 0 Å². The maximum absolute atomic E-state index is 2.12. The fourth-order valence-electron chi connectivity index (χ4n) is 1.14. The maximum atomic E-state index is 2.12. The molecule has 0 aliphatic carbocycles. The van der Waals surface area contributed by atoms with Gasteiger partial charge in [0.05, 0.1) is 0 Å². The van der Waals surface area contributed by atoms with Crippen molar-refractivity contribution in [2.75, 3.05) is 0 Å². The van der Waals surface area contributed by atoms with Crippen molar-refractivity contribution in [3.05, 3.63) is 42.2 Å². The first-order valence-corrected chi connectivity index (χ1v) is 3.39. The molecule has 0 N–H and O–H groups in total. The zero-order valence-electron chi connectivity index (χ0n) is 5.91. The van der Waals surface area contributed by atoms with Crippen molar-refractivity contribution in [2.24, 2.45) is 0 Å². The van der Waals surface area contributed by atoms with Gasteiger partial charge in [0.15, 0.2) is 0 Å². The lowest BCUT2D eigenvalue weighted by molar-refractivity contribution is 1.17. The average Bonchev–Trinajstić information content (AvgIpc) is 2.33. The van der Waals surface area contributed by atoms with E-state index >= 15 is 0 Å². The molecule has 50 valence electrons. The van der Waals surface area contributed by atoms with E-state index in [0.717, 1.165) is 0 Å². The summed E-state index contributed by atoms with van der Waals surface area (Å²) in [5.41, 5.74) is 2.55. The SMILES string of the molecule is Cc1ccc2cccn2c1. The molecule has 0 aliphatic rings. The summed E-state index contributed by atoms with van der Waals surface area (Å²) in [5, 5.41) is 0. The number of nitrogens with zero attached hydrogens (tertiary/aromatic N) is 1. The molecule has 2 rings (SSSR count). The summed E-state index contributed by atoms with van der Waals surface area (Å²) in [6.07, 6.45) is 4.18. The maximum Gasteiger partial charge on any atom is 0.0450 e. The largest absolute Gasteiger partial charge is 0.324 e. The van der Waals surface area contributed by atoms with Gasteiger partial charge in [0.25, 0.3) is 0 Å². The molecule has 0 aliphatic heterocycles. The Kier molecular flexibility index (Phi) is 1.04. The topological polar surface area (TPSA) is 4.41 Å². The lowest BCUT2D eigenvalue weighted by Crippen LogP contribution is -1.81. The highest BCUT2D eigenvalue weighted by atomic mass is 14.8. The van der Waals surface area contributed by atoms with Crippen LogP contribution in [0.25, 0.3) is 5.52 Å². The molecule has 0 aromatic carbocycles. The zero-order valence-corrected chi connectivity index (χ0v) is 5.91. The van der Waals surface area contributed by atoms with Crippen LogP contribution >= 0.6 is 0 Å². The fourth-order valence-corrected chi connectivity index (χ4v) is 1.14. The first-order valence-electron chi connectivity index (χ1n) is 3.39. The molecular formula is C9H9N. The van der Waals surface area contributed by atoms with Gasteiger partial charge in [-0.1, -0.05) is 6.07 Å². The summed E-state index contributed by atoms with van der Waals surface area (Å²) in [4.78, 5) is 0. The summed E-state index contributed by atoms with van der Waals surface area (Å²) in [7, 11) is 0. The van der Waals surface area contributed by atoms with Crippen LogP contribution in [0, 0.1) is 6.92 Å². The Hall–Kier alpha value is -1.24. The van der Waals surface area contributed by atoms with Crippen molar-refractivity contribution in [2.45, 2.75) is 6.92 Å². The normalized spacial score (nSPS) is 10.5. The Bertz CT molecular complexity index is 346. The monoisotopic (exact) mass is 131 g/mol. The Labute approximate surface area is 59.9 Å². The van der Waals surface area contributed by atoms with Crippen LogP contribution in [-0.4, -0.2) is 4.40 Å². The Balaban J connectivity index is 2.86. The number of fused-ring (bicyclic) bond motifs is 1. The molecule has 10 heavy (non-hydrogen) atoms. The van der Waals surface area contributed by atoms with Crippen molar-refractivity contribution in [3.8, 4) is 0 Å². The Morgan fingerprint density at radius 1 is 1.20 bits per heavy atom. The highest BCUT2D eigenvalue weighted by Crippen LogP contribution is 2.05. The van der Waals surface area contributed by atoms with Gasteiger partial charge in [-0.25, -0.2) is 0 Å². The van der Waals surface area contributed by atoms with E-state index in [4.69, 9.17) is 0 Å². The fraction of sp³-hybridized carbons (Fsp3) is 0.111. The molecule has 0 spiro atoms. The molecule has 0 unspecified atom stereocenters. The molecule has 2 heterocycles. The quantitative estimate of drug-likeness (QED) is 0.516. The second-order valence-electron chi connectivity index (χ2n) is 2.55. The molecule has 2 aromatic heterocycles. The minimum absolute atomic E-state index is 1.26. The van der Waals surface area contributed by atoms with Gasteiger partial charge in [-0.2, -0.15) is 0 Å². The molecule has 1 nitrogen and oxygen atoms in total. The van der Waals surface area contributed by atoms with E-state index in [1.807, 2.05) is 0 Å². The molecule has 0 fully saturated rings. The molecule has 0 saturated carbocycles. The average molecular weight is 131 g/mol. The molecule has 0 atom stereocenters. The second-order valence-corrected chi connectivity index (χ2v) is 2.55. The third-order valence-corrected chi connectivity index (χ3v) is 1.67. The van der Waals surface area contributed by atoms with Crippen LogP contribution in [0.2, 0.25) is 0 Å². The van der Waals surface area contributed by atoms with Crippen molar-refractivity contribution in [3.63, 3.8) is 0 Å². The molecule has 1 heteroatoms. The van der Waals surface area contributed by atoms with Crippen LogP contribution in [0.15, 0.2) is 36.7 Å². The van der Waals surface area contributed by atoms with Gasteiger partial charge in [0, 0.05) is 17.9 Å². The summed E-state index contributed by atoms with van der Waals surface area (Å²) in [5.74, 6) is 0. The van der Waals surface area contributed by atoms with Crippen molar-refractivity contribution < 1.29 is 0 Å². The van der Waals surface area contributed by atoms with Crippen molar-refractivity contribution >= 4 is 5.52 Å². The van der Waals surface area contributed by atoms with E-state index in [-0.39, 0.29) is 0 Å². The van der Waals surface area contributed by atoms with Crippen LogP contribution in [-0.2, 0) is 0 Å². The highest BCUT2D eigenvalue weighted by molar-refractivity contribution is 5.47. The van der Waals surface area contributed by atoms with Crippen molar-refractivity contribution in [1.82, 2.24) is 4.40 Å². The van der Waals surface area contributed by atoms with Gasteiger partial charge in [0.1, 0.15) is 0 Å². The van der Waals surface area contributed by atoms with Crippen LogP contribution in [0.4, 0.5) is 0 Å². The molecule has 2 aromatic rings. The molecule has 0 bridgehead atoms. The minimum Gasteiger partial charge on any atom is -0.324 e. The number of hydrogen-bond acceptors (Lipinski definition) is 0. The third-order valence-electron chi connectivity index (χ3n) is 1.67. The third kappa shape index (κ3) is 0.711. The van der Waals surface area contributed by atoms with E-state index < -0.39 is 0 Å². The summed E-state index contributed by atoms with van der Waals surface area (Å²) in [6.45, 7) is 2.10. The molecule has 0 radical (unpaired) electrons. The summed E-state index contributed by atoms with van der Waals surface area (Å²) in [6, 6.07) is 8.39. The molecule has 0 amide bonds. The zero-order chi connectivity index (χ0) is 6.97. The van der Waals surface area contributed by atoms with Crippen LogP contribution in [0.5, 0.6) is 0 Å². The van der Waals surface area contributed by atoms with Gasteiger partial charge in [-0.3, -0.25) is 0 Å².